The molecule has 1 heterocycles. The van der Waals surface area contributed by atoms with Crippen LogP contribution in [0.3, 0.4) is 0 Å². The fourth-order valence-corrected chi connectivity index (χ4v) is 4.98. The molecule has 2 atom stereocenters. The number of ether oxygens (including phenoxy) is 1. The van der Waals surface area contributed by atoms with Crippen molar-refractivity contribution in [2.24, 2.45) is 0 Å². The molecule has 35 heavy (non-hydrogen) atoms. The molecule has 2 aromatic carbocycles. The molecule has 0 bridgehead atoms. The number of carboxylic acid groups (broad SMARTS) is 1. The smallest absolute Gasteiger partial charge is 0.328 e. The number of aliphatic carboxylic acids is 1. The number of nitrogens with one attached hydrogen (secondary N) is 1. The molecule has 0 spiro atoms. The number of carboxylic acids is 1. The predicted octanol–water partition coefficient (Wildman–Crippen LogP) is 4.61. The van der Waals surface area contributed by atoms with Crippen LogP contribution in [-0.2, 0) is 20.9 Å². The molecule has 2 N–H and O–H groups in total. The van der Waals surface area contributed by atoms with Crippen molar-refractivity contribution in [3.63, 3.8) is 0 Å². The van der Waals surface area contributed by atoms with Crippen molar-refractivity contribution >= 4 is 18.0 Å². The van der Waals surface area contributed by atoms with Gasteiger partial charge < -0.3 is 9.84 Å². The summed E-state index contributed by atoms with van der Waals surface area (Å²) in [6.07, 6.45) is 5.48. The lowest BCUT2D eigenvalue weighted by Crippen LogP contribution is -2.52. The van der Waals surface area contributed by atoms with Crippen LogP contribution in [-0.4, -0.2) is 52.2 Å². The zero-order valence-corrected chi connectivity index (χ0v) is 20.9. The van der Waals surface area contributed by atoms with Crippen molar-refractivity contribution in [3.8, 4) is 0 Å². The lowest BCUT2D eigenvalue weighted by Gasteiger charge is -2.35. The summed E-state index contributed by atoms with van der Waals surface area (Å²) in [5, 5.41) is 12.6. The minimum Gasteiger partial charge on any atom is -0.478 e. The molecule has 0 radical (unpaired) electrons. The van der Waals surface area contributed by atoms with Gasteiger partial charge in [0.25, 0.3) is 0 Å². The van der Waals surface area contributed by atoms with Crippen molar-refractivity contribution in [3.05, 3.63) is 77.4 Å². The van der Waals surface area contributed by atoms with Crippen LogP contribution in [0.25, 0.3) is 6.08 Å². The van der Waals surface area contributed by atoms with E-state index in [-0.39, 0.29) is 17.9 Å². The van der Waals surface area contributed by atoms with Crippen molar-refractivity contribution in [2.75, 3.05) is 13.1 Å². The summed E-state index contributed by atoms with van der Waals surface area (Å²) in [5.74, 6) is -0.954. The number of carbonyl (C=O) groups excluding carboxylic acids is 1. The van der Waals surface area contributed by atoms with E-state index in [9.17, 15) is 9.59 Å². The zero-order valence-electron chi connectivity index (χ0n) is 20.9. The molecule has 1 aliphatic carbocycles. The van der Waals surface area contributed by atoms with E-state index in [0.717, 1.165) is 50.5 Å². The topological polar surface area (TPSA) is 78.9 Å². The molecule has 4 rings (SSSR count). The molecule has 2 fully saturated rings. The van der Waals surface area contributed by atoms with E-state index in [0.29, 0.717) is 0 Å². The maximum Gasteiger partial charge on any atom is 0.328 e. The van der Waals surface area contributed by atoms with E-state index in [1.807, 2.05) is 57.2 Å². The Bertz CT molecular complexity index is 1070. The van der Waals surface area contributed by atoms with E-state index in [2.05, 4.69) is 28.4 Å². The Labute approximate surface area is 208 Å². The number of esters is 1. The van der Waals surface area contributed by atoms with Crippen LogP contribution in [0.15, 0.2) is 60.7 Å². The van der Waals surface area contributed by atoms with Gasteiger partial charge in [-0.2, -0.15) is 0 Å². The Kier molecular flexibility index (Phi) is 7.43. The van der Waals surface area contributed by atoms with E-state index in [1.165, 1.54) is 11.1 Å². The number of likely N-dealkylation sites (tertiary alicyclic amines) is 1. The van der Waals surface area contributed by atoms with Crippen molar-refractivity contribution in [1.82, 2.24) is 10.2 Å². The summed E-state index contributed by atoms with van der Waals surface area (Å²) in [7, 11) is 0. The summed E-state index contributed by atoms with van der Waals surface area (Å²) in [5.41, 5.74) is 2.07. The molecule has 1 saturated carbocycles. The first-order valence-electron chi connectivity index (χ1n) is 12.4. The Morgan fingerprint density at radius 3 is 2.49 bits per heavy atom. The third-order valence-corrected chi connectivity index (χ3v) is 6.75. The number of benzene rings is 2. The molecule has 2 aliphatic rings. The van der Waals surface area contributed by atoms with E-state index >= 15 is 0 Å². The van der Waals surface area contributed by atoms with Gasteiger partial charge in [-0.15, -0.1) is 0 Å². The maximum absolute atomic E-state index is 13.3. The second-order valence-electron chi connectivity index (χ2n) is 10.8. The monoisotopic (exact) mass is 476 g/mol. The minimum absolute atomic E-state index is 0.137. The first-order valence-corrected chi connectivity index (χ1v) is 12.4. The number of carbonyl (C=O) groups is 2. The van der Waals surface area contributed by atoms with Gasteiger partial charge in [-0.25, -0.2) is 4.79 Å². The van der Waals surface area contributed by atoms with Crippen LogP contribution < -0.4 is 5.32 Å². The van der Waals surface area contributed by atoms with Gasteiger partial charge in [0.05, 0.1) is 0 Å². The SMILES string of the molecule is CC(C)(C)OC(=O)[C@@]1(NC2CCN(Cc3cccc(C=CC(=O)O)c3)CC2)C[C@@H]1c1ccccc1. The van der Waals surface area contributed by atoms with Crippen LogP contribution in [0.5, 0.6) is 0 Å². The van der Waals surface area contributed by atoms with Gasteiger partial charge in [0.1, 0.15) is 11.1 Å². The summed E-state index contributed by atoms with van der Waals surface area (Å²) in [4.78, 5) is 26.5. The molecule has 1 aliphatic heterocycles. The number of piperidine rings is 1. The average molecular weight is 477 g/mol. The van der Waals surface area contributed by atoms with Gasteiger partial charge in [0, 0.05) is 24.6 Å². The van der Waals surface area contributed by atoms with E-state index < -0.39 is 17.1 Å². The molecule has 186 valence electrons. The Morgan fingerprint density at radius 1 is 1.11 bits per heavy atom. The predicted molar refractivity (Wildman–Crippen MR) is 137 cm³/mol. The molecule has 6 heteroatoms. The molecule has 0 unspecified atom stereocenters. The third kappa shape index (κ3) is 6.59. The lowest BCUT2D eigenvalue weighted by molar-refractivity contribution is -0.159. The molecule has 2 aromatic rings. The standard InChI is InChI=1S/C29H36N2O4/c1-28(2,3)35-27(34)29(19-25(29)23-10-5-4-6-11-23)30-24-14-16-31(17-15-24)20-22-9-7-8-21(18-22)12-13-26(32)33/h4-13,18,24-25,30H,14-17,19-20H2,1-3H3,(H,32,33)/t25-,29-/m1/s1. The van der Waals surface area contributed by atoms with Crippen molar-refractivity contribution < 1.29 is 19.4 Å². The molecule has 0 amide bonds. The summed E-state index contributed by atoms with van der Waals surface area (Å²) < 4.78 is 5.85. The minimum atomic E-state index is -0.945. The van der Waals surface area contributed by atoms with Gasteiger partial charge in [0.2, 0.25) is 0 Å². The maximum atomic E-state index is 13.3. The summed E-state index contributed by atoms with van der Waals surface area (Å²) in [6, 6.07) is 18.5. The zero-order chi connectivity index (χ0) is 25.1. The second-order valence-corrected chi connectivity index (χ2v) is 10.8. The molecule has 0 aromatic heterocycles. The highest BCUT2D eigenvalue weighted by Gasteiger charge is 2.63. The highest BCUT2D eigenvalue weighted by atomic mass is 16.6. The van der Waals surface area contributed by atoms with Crippen molar-refractivity contribution in [1.29, 1.82) is 0 Å². The number of nitrogens with zero attached hydrogens (tertiary/aromatic N) is 1. The Hall–Kier alpha value is -2.96. The van der Waals surface area contributed by atoms with Crippen LogP contribution in [0.2, 0.25) is 0 Å². The third-order valence-electron chi connectivity index (χ3n) is 6.75. The van der Waals surface area contributed by atoms with Crippen molar-refractivity contribution in [2.45, 2.75) is 69.7 Å². The van der Waals surface area contributed by atoms with Crippen LogP contribution in [0, 0.1) is 0 Å². The van der Waals surface area contributed by atoms with E-state index in [4.69, 9.17) is 9.84 Å². The Morgan fingerprint density at radius 2 is 1.83 bits per heavy atom. The van der Waals surface area contributed by atoms with Crippen LogP contribution in [0.4, 0.5) is 0 Å². The first kappa shape index (κ1) is 25.1. The highest BCUT2D eigenvalue weighted by molar-refractivity contribution is 5.87. The fraction of sp³-hybridized carbons (Fsp3) is 0.448. The largest absolute Gasteiger partial charge is 0.478 e. The number of rotatable bonds is 8. The van der Waals surface area contributed by atoms with Gasteiger partial charge >= 0.3 is 11.9 Å². The molecular formula is C29H36N2O4. The quantitative estimate of drug-likeness (QED) is 0.428. The average Bonchev–Trinajstić information content (AvgIpc) is 3.54. The number of hydrogen-bond donors (Lipinski definition) is 2. The lowest BCUT2D eigenvalue weighted by atomic mass is 9.99. The molecular weight excluding hydrogens is 440 g/mol. The summed E-state index contributed by atoms with van der Waals surface area (Å²) in [6.45, 7) is 8.46. The molecule has 1 saturated heterocycles. The van der Waals surface area contributed by atoms with Gasteiger partial charge in [-0.05, 0) is 75.9 Å². The molecule has 6 nitrogen and oxygen atoms in total. The fourth-order valence-electron chi connectivity index (χ4n) is 4.98. The van der Waals surface area contributed by atoms with Gasteiger partial charge in [-0.3, -0.25) is 15.0 Å². The number of hydrogen-bond acceptors (Lipinski definition) is 5. The first-order chi connectivity index (χ1) is 16.6. The summed E-state index contributed by atoms with van der Waals surface area (Å²) >= 11 is 0. The van der Waals surface area contributed by atoms with E-state index in [1.54, 1.807) is 6.08 Å². The van der Waals surface area contributed by atoms with Crippen LogP contribution >= 0.6 is 0 Å². The second kappa shape index (κ2) is 10.3. The van der Waals surface area contributed by atoms with Gasteiger partial charge in [0.15, 0.2) is 0 Å². The highest BCUT2D eigenvalue weighted by Crippen LogP contribution is 2.53. The normalized spacial score (nSPS) is 23.3. The Balaban J connectivity index is 1.37. The van der Waals surface area contributed by atoms with Gasteiger partial charge in [-0.1, -0.05) is 54.6 Å². The van der Waals surface area contributed by atoms with Crippen LogP contribution in [0.1, 0.15) is 62.6 Å².